The van der Waals surface area contributed by atoms with Crippen molar-refractivity contribution in [2.45, 2.75) is 37.0 Å². The molecule has 0 amide bonds. The molecule has 1 N–H and O–H groups in total. The Hall–Kier alpha value is -1.76. The fourth-order valence-corrected chi connectivity index (χ4v) is 6.09. The van der Waals surface area contributed by atoms with Gasteiger partial charge in [0, 0.05) is 12.8 Å². The lowest BCUT2D eigenvalue weighted by Crippen LogP contribution is -2.17. The number of rotatable bonds is 11. The largest absolute Gasteiger partial charge is 0.468 e. The number of benzene rings is 2. The van der Waals surface area contributed by atoms with E-state index in [1.807, 2.05) is 24.3 Å². The molecule has 6 heteroatoms. The van der Waals surface area contributed by atoms with Crippen molar-refractivity contribution in [2.75, 3.05) is 24.4 Å². The van der Waals surface area contributed by atoms with E-state index in [9.17, 15) is 14.7 Å². The molecule has 4 nitrogen and oxygen atoms in total. The molecule has 1 saturated carbocycles. The number of ether oxygens (including phenoxy) is 1. The Kier molecular flexibility index (Phi) is 9.50. The number of hydrogen-bond donors (Lipinski definition) is 1. The Balaban J connectivity index is 1.45. The predicted octanol–water partition coefficient (Wildman–Crippen LogP) is 4.68. The van der Waals surface area contributed by atoms with Crippen molar-refractivity contribution in [3.05, 3.63) is 60.2 Å². The number of Topliss-reactive ketones (excluding diaryl/α,β-unsaturated/α-hetero) is 1. The fourth-order valence-electron chi connectivity index (χ4n) is 3.79. The predicted molar refractivity (Wildman–Crippen MR) is 131 cm³/mol. The van der Waals surface area contributed by atoms with Crippen LogP contribution in [0.15, 0.2) is 54.6 Å². The number of allylic oxidation sites excluding steroid dienone is 1. The molecule has 0 bridgehead atoms. The van der Waals surface area contributed by atoms with Crippen LogP contribution in [0, 0.1) is 5.92 Å². The van der Waals surface area contributed by atoms with Crippen LogP contribution in [0.5, 0.6) is 0 Å². The van der Waals surface area contributed by atoms with Crippen molar-refractivity contribution >= 4 is 46.0 Å². The normalized spacial score (nSPS) is 19.9. The smallest absolute Gasteiger partial charge is 0.315 e. The van der Waals surface area contributed by atoms with Gasteiger partial charge in [0.1, 0.15) is 5.78 Å². The average molecular weight is 459 g/mol. The molecule has 0 heterocycles. The van der Waals surface area contributed by atoms with Gasteiger partial charge in [-0.15, -0.1) is 11.8 Å². The molecule has 0 saturated heterocycles. The Bertz CT molecular complexity index is 911. The lowest BCUT2D eigenvalue weighted by Gasteiger charge is -2.15. The molecule has 166 valence electrons. The highest BCUT2D eigenvalue weighted by Gasteiger charge is 2.33. The number of fused-ring (bicyclic) bond motifs is 1. The molecular formula is C25H30O4S2. The first-order chi connectivity index (χ1) is 15.1. The van der Waals surface area contributed by atoms with Crippen molar-refractivity contribution in [3.8, 4) is 0 Å². The van der Waals surface area contributed by atoms with E-state index in [-0.39, 0.29) is 17.1 Å². The topological polar surface area (TPSA) is 63.6 Å². The molecule has 1 fully saturated rings. The van der Waals surface area contributed by atoms with E-state index in [1.54, 1.807) is 23.5 Å². The Morgan fingerprint density at radius 3 is 2.84 bits per heavy atom. The third kappa shape index (κ3) is 7.41. The molecule has 2 unspecified atom stereocenters. The minimum absolute atomic E-state index is 0.0188. The van der Waals surface area contributed by atoms with Gasteiger partial charge in [-0.25, -0.2) is 0 Å². The van der Waals surface area contributed by atoms with Crippen LogP contribution in [-0.2, 0) is 20.7 Å². The summed E-state index contributed by atoms with van der Waals surface area (Å²) in [5.74, 6) is 2.46. The van der Waals surface area contributed by atoms with E-state index < -0.39 is 6.10 Å². The van der Waals surface area contributed by atoms with Gasteiger partial charge in [0.15, 0.2) is 0 Å². The van der Waals surface area contributed by atoms with Crippen LogP contribution < -0.4 is 0 Å². The zero-order valence-corrected chi connectivity index (χ0v) is 19.5. The summed E-state index contributed by atoms with van der Waals surface area (Å²) < 4.78 is 4.63. The number of carbonyl (C=O) groups excluding carboxylic acids is 2. The van der Waals surface area contributed by atoms with E-state index in [1.165, 1.54) is 17.9 Å². The number of esters is 1. The Morgan fingerprint density at radius 2 is 2.03 bits per heavy atom. The second-order valence-electron chi connectivity index (χ2n) is 7.78. The lowest BCUT2D eigenvalue weighted by atomic mass is 10.0. The van der Waals surface area contributed by atoms with E-state index in [2.05, 4.69) is 35.1 Å². The maximum Gasteiger partial charge on any atom is 0.315 e. The first-order valence-electron chi connectivity index (χ1n) is 10.7. The maximum absolute atomic E-state index is 12.3. The summed E-state index contributed by atoms with van der Waals surface area (Å²) in [6.45, 7) is 0. The van der Waals surface area contributed by atoms with Crippen LogP contribution in [0.3, 0.4) is 0 Å². The number of carbonyl (C=O) groups is 2. The summed E-state index contributed by atoms with van der Waals surface area (Å²) >= 11 is 3.28. The van der Waals surface area contributed by atoms with Gasteiger partial charge in [-0.3, -0.25) is 9.59 Å². The van der Waals surface area contributed by atoms with E-state index in [4.69, 9.17) is 0 Å². The molecule has 2 aromatic carbocycles. The van der Waals surface area contributed by atoms with Gasteiger partial charge in [-0.1, -0.05) is 54.6 Å². The summed E-state index contributed by atoms with van der Waals surface area (Å²) in [6.07, 6.45) is 6.33. The quantitative estimate of drug-likeness (QED) is 0.300. The second kappa shape index (κ2) is 12.3. The van der Waals surface area contributed by atoms with Crippen molar-refractivity contribution in [2.24, 2.45) is 5.92 Å². The minimum atomic E-state index is -0.558. The highest BCUT2D eigenvalue weighted by atomic mass is 32.2. The Labute approximate surface area is 192 Å². The number of thioether (sulfide) groups is 2. The van der Waals surface area contributed by atoms with Crippen molar-refractivity contribution in [3.63, 3.8) is 0 Å². The van der Waals surface area contributed by atoms with Gasteiger partial charge in [0.05, 0.1) is 24.2 Å². The highest BCUT2D eigenvalue weighted by Crippen LogP contribution is 2.34. The number of ketones is 1. The summed E-state index contributed by atoms with van der Waals surface area (Å²) in [5, 5.41) is 12.9. The summed E-state index contributed by atoms with van der Waals surface area (Å²) in [7, 11) is 1.40. The van der Waals surface area contributed by atoms with Gasteiger partial charge in [0.2, 0.25) is 0 Å². The summed E-state index contributed by atoms with van der Waals surface area (Å²) in [6, 6.07) is 14.5. The van der Waals surface area contributed by atoms with E-state index in [0.717, 1.165) is 29.9 Å². The van der Waals surface area contributed by atoms with Crippen molar-refractivity contribution in [1.82, 2.24) is 0 Å². The molecular weight excluding hydrogens is 428 g/mol. The van der Waals surface area contributed by atoms with Gasteiger partial charge in [0.25, 0.3) is 0 Å². The van der Waals surface area contributed by atoms with Crippen LogP contribution in [0.1, 0.15) is 24.8 Å². The van der Waals surface area contributed by atoms with Crippen LogP contribution in [-0.4, -0.2) is 52.6 Å². The number of aliphatic hydroxyl groups is 1. The lowest BCUT2D eigenvalue weighted by molar-refractivity contribution is -0.137. The highest BCUT2D eigenvalue weighted by molar-refractivity contribution is 8.01. The van der Waals surface area contributed by atoms with Crippen molar-refractivity contribution in [1.29, 1.82) is 0 Å². The second-order valence-corrected chi connectivity index (χ2v) is 10.1. The van der Waals surface area contributed by atoms with E-state index in [0.29, 0.717) is 24.4 Å². The SMILES string of the molecule is COC(=O)CSCCCSC1C(=O)CC[C@@H]1C=CC(O)Cc1ccc2ccccc2c1. The number of hydrogen-bond acceptors (Lipinski definition) is 6. The van der Waals surface area contributed by atoms with Crippen molar-refractivity contribution < 1.29 is 19.4 Å². The minimum Gasteiger partial charge on any atom is -0.468 e. The average Bonchev–Trinajstić information content (AvgIpc) is 3.13. The van der Waals surface area contributed by atoms with Gasteiger partial charge >= 0.3 is 5.97 Å². The van der Waals surface area contributed by atoms with Crippen LogP contribution in [0.25, 0.3) is 10.8 Å². The number of methoxy groups -OCH3 is 1. The van der Waals surface area contributed by atoms with Crippen LogP contribution in [0.4, 0.5) is 0 Å². The molecule has 0 aromatic heterocycles. The first-order valence-corrected chi connectivity index (χ1v) is 12.9. The number of aliphatic hydroxyl groups excluding tert-OH is 1. The fraction of sp³-hybridized carbons (Fsp3) is 0.440. The molecule has 2 aromatic rings. The maximum atomic E-state index is 12.3. The van der Waals surface area contributed by atoms with Gasteiger partial charge in [-0.2, -0.15) is 11.8 Å². The molecule has 0 spiro atoms. The third-order valence-corrected chi connectivity index (χ3v) is 7.96. The molecule has 31 heavy (non-hydrogen) atoms. The van der Waals surface area contributed by atoms with E-state index >= 15 is 0 Å². The molecule has 1 aliphatic carbocycles. The monoisotopic (exact) mass is 458 g/mol. The van der Waals surface area contributed by atoms with Gasteiger partial charge in [-0.05, 0) is 46.6 Å². The zero-order chi connectivity index (χ0) is 22.1. The summed E-state index contributed by atoms with van der Waals surface area (Å²) in [4.78, 5) is 23.4. The Morgan fingerprint density at radius 1 is 1.23 bits per heavy atom. The van der Waals surface area contributed by atoms with Crippen LogP contribution in [0.2, 0.25) is 0 Å². The molecule has 3 rings (SSSR count). The first kappa shape index (κ1) is 23.9. The van der Waals surface area contributed by atoms with Gasteiger partial charge < -0.3 is 9.84 Å². The standard InChI is InChI=1S/C25H30O4S2/c1-29-24(28)17-30-13-4-14-31-25-20(10-12-23(25)27)9-11-22(26)16-18-7-8-19-5-2-3-6-21(19)15-18/h2-3,5-9,11,15,20,22,25-26H,4,10,12-14,16-17H2,1H3/t20-,22?,25?/m0/s1. The van der Waals surface area contributed by atoms with Crippen LogP contribution >= 0.6 is 23.5 Å². The third-order valence-electron chi connectivity index (χ3n) is 5.45. The molecule has 0 aliphatic heterocycles. The zero-order valence-electron chi connectivity index (χ0n) is 17.9. The molecule has 3 atom stereocenters. The molecule has 1 aliphatic rings. The summed E-state index contributed by atoms with van der Waals surface area (Å²) in [5.41, 5.74) is 1.11. The molecule has 0 radical (unpaired) electrons.